The molecule has 1 aromatic heterocycles. The molecule has 0 aliphatic heterocycles. The van der Waals surface area contributed by atoms with Gasteiger partial charge in [0, 0.05) is 6.20 Å². The van der Waals surface area contributed by atoms with Gasteiger partial charge in [0.1, 0.15) is 0 Å². The van der Waals surface area contributed by atoms with E-state index in [0.29, 0.717) is 6.20 Å². The van der Waals surface area contributed by atoms with E-state index in [1.807, 2.05) is 0 Å². The summed E-state index contributed by atoms with van der Waals surface area (Å²) >= 11 is 0. The number of alkyl halides is 3. The van der Waals surface area contributed by atoms with Gasteiger partial charge in [-0.2, -0.15) is 13.2 Å². The normalized spacial score (nSPS) is 17.7. The SMILES string of the molecule is COC(=O)C(=O)C1=CC=CC(c2ccc(C(F)(F)F)cn2)C1=O. The number of pyridine rings is 1. The van der Waals surface area contributed by atoms with Crippen molar-refractivity contribution < 1.29 is 32.3 Å². The standard InChI is InChI=1S/C15H10F3NO4/c1-23-14(22)13(21)10-4-2-3-9(12(10)20)11-6-5-8(7-19-11)15(16,17)18/h2-7,9H,1H3. The molecule has 0 radical (unpaired) electrons. The lowest BCUT2D eigenvalue weighted by Crippen LogP contribution is -2.27. The average molecular weight is 325 g/mol. The largest absolute Gasteiger partial charge is 0.463 e. The van der Waals surface area contributed by atoms with Gasteiger partial charge in [0.2, 0.25) is 0 Å². The summed E-state index contributed by atoms with van der Waals surface area (Å²) in [6.45, 7) is 0. The molecule has 0 bridgehead atoms. The van der Waals surface area contributed by atoms with E-state index in [1.165, 1.54) is 12.2 Å². The van der Waals surface area contributed by atoms with Crippen molar-refractivity contribution in [2.45, 2.75) is 12.1 Å². The molecule has 23 heavy (non-hydrogen) atoms. The van der Waals surface area contributed by atoms with Crippen LogP contribution in [-0.2, 0) is 25.3 Å². The Kier molecular flexibility index (Phi) is 4.44. The van der Waals surface area contributed by atoms with Crippen LogP contribution in [-0.4, -0.2) is 29.6 Å². The first-order valence-electron chi connectivity index (χ1n) is 6.34. The zero-order valence-electron chi connectivity index (χ0n) is 11.8. The van der Waals surface area contributed by atoms with Crippen LogP contribution >= 0.6 is 0 Å². The molecule has 0 amide bonds. The van der Waals surface area contributed by atoms with E-state index in [2.05, 4.69) is 9.72 Å². The van der Waals surface area contributed by atoms with Crippen molar-refractivity contribution >= 4 is 17.5 Å². The molecule has 5 nitrogen and oxygen atoms in total. The molecular weight excluding hydrogens is 315 g/mol. The first kappa shape index (κ1) is 16.6. The van der Waals surface area contributed by atoms with Gasteiger partial charge in [-0.1, -0.05) is 12.2 Å². The first-order valence-corrected chi connectivity index (χ1v) is 6.34. The number of hydrogen-bond acceptors (Lipinski definition) is 5. The van der Waals surface area contributed by atoms with Gasteiger partial charge in [0.25, 0.3) is 5.78 Å². The van der Waals surface area contributed by atoms with Gasteiger partial charge in [-0.15, -0.1) is 0 Å². The molecule has 1 aliphatic carbocycles. The van der Waals surface area contributed by atoms with Gasteiger partial charge in [-0.25, -0.2) is 4.79 Å². The van der Waals surface area contributed by atoms with E-state index >= 15 is 0 Å². The fourth-order valence-corrected chi connectivity index (χ4v) is 1.98. The predicted octanol–water partition coefficient (Wildman–Crippen LogP) is 1.99. The quantitative estimate of drug-likeness (QED) is 0.483. The topological polar surface area (TPSA) is 73.3 Å². The number of halogens is 3. The van der Waals surface area contributed by atoms with Gasteiger partial charge in [-0.05, 0) is 18.2 Å². The number of ketones is 2. The van der Waals surface area contributed by atoms with E-state index in [4.69, 9.17) is 0 Å². The van der Waals surface area contributed by atoms with Crippen LogP contribution in [0.1, 0.15) is 17.2 Å². The number of hydrogen-bond donors (Lipinski definition) is 0. The van der Waals surface area contributed by atoms with Crippen LogP contribution in [0.4, 0.5) is 13.2 Å². The lowest BCUT2D eigenvalue weighted by Gasteiger charge is -2.16. The van der Waals surface area contributed by atoms with Crippen LogP contribution in [0, 0.1) is 0 Å². The number of methoxy groups -OCH3 is 1. The lowest BCUT2D eigenvalue weighted by molar-refractivity contribution is -0.150. The summed E-state index contributed by atoms with van der Waals surface area (Å²) in [7, 11) is 0.999. The Morgan fingerprint density at radius 2 is 1.96 bits per heavy atom. The monoisotopic (exact) mass is 325 g/mol. The number of Topliss-reactive ketones (excluding diaryl/α,β-unsaturated/α-hetero) is 2. The number of carbonyl (C=O) groups excluding carboxylic acids is 3. The second-order valence-corrected chi connectivity index (χ2v) is 4.60. The van der Waals surface area contributed by atoms with Gasteiger partial charge < -0.3 is 4.74 Å². The highest BCUT2D eigenvalue weighted by molar-refractivity contribution is 6.48. The van der Waals surface area contributed by atoms with Crippen LogP contribution in [0.5, 0.6) is 0 Å². The lowest BCUT2D eigenvalue weighted by atomic mass is 9.87. The summed E-state index contributed by atoms with van der Waals surface area (Å²) in [5.41, 5.74) is -1.30. The van der Waals surface area contributed by atoms with Crippen molar-refractivity contribution in [3.8, 4) is 0 Å². The molecular formula is C15H10F3NO4. The molecule has 1 aromatic rings. The Morgan fingerprint density at radius 1 is 1.26 bits per heavy atom. The molecule has 0 spiro atoms. The molecule has 1 aliphatic rings. The fourth-order valence-electron chi connectivity index (χ4n) is 1.98. The van der Waals surface area contributed by atoms with E-state index < -0.39 is 40.8 Å². The van der Waals surface area contributed by atoms with Crippen molar-refractivity contribution in [1.82, 2.24) is 4.98 Å². The zero-order valence-corrected chi connectivity index (χ0v) is 11.8. The van der Waals surface area contributed by atoms with Crippen molar-refractivity contribution in [3.05, 3.63) is 53.4 Å². The van der Waals surface area contributed by atoms with Crippen molar-refractivity contribution in [1.29, 1.82) is 0 Å². The zero-order chi connectivity index (χ0) is 17.2. The smallest absolute Gasteiger partial charge is 0.417 e. The summed E-state index contributed by atoms with van der Waals surface area (Å²) in [6, 6.07) is 1.85. The number of aromatic nitrogens is 1. The molecule has 0 saturated carbocycles. The first-order chi connectivity index (χ1) is 10.8. The number of carbonyl (C=O) groups is 3. The van der Waals surface area contributed by atoms with Gasteiger partial charge in [0.15, 0.2) is 5.78 Å². The molecule has 1 atom stereocenters. The second-order valence-electron chi connectivity index (χ2n) is 4.60. The average Bonchev–Trinajstić information content (AvgIpc) is 2.53. The minimum absolute atomic E-state index is 0.0440. The summed E-state index contributed by atoms with van der Waals surface area (Å²) in [4.78, 5) is 38.9. The predicted molar refractivity (Wildman–Crippen MR) is 71.2 cm³/mol. The third-order valence-corrected chi connectivity index (χ3v) is 3.16. The maximum absolute atomic E-state index is 12.5. The maximum atomic E-state index is 12.5. The number of allylic oxidation sites excluding steroid dienone is 3. The molecule has 1 heterocycles. The van der Waals surface area contributed by atoms with E-state index in [-0.39, 0.29) is 5.69 Å². The molecule has 0 aromatic carbocycles. The minimum atomic E-state index is -4.54. The van der Waals surface area contributed by atoms with Crippen LogP contribution in [0.2, 0.25) is 0 Å². The van der Waals surface area contributed by atoms with Crippen molar-refractivity contribution in [3.63, 3.8) is 0 Å². The Hall–Kier alpha value is -2.77. The molecule has 1 unspecified atom stereocenters. The van der Waals surface area contributed by atoms with Gasteiger partial charge >= 0.3 is 12.1 Å². The summed E-state index contributed by atoms with van der Waals surface area (Å²) in [5.74, 6) is -4.07. The number of ether oxygens (including phenoxy) is 1. The number of esters is 1. The van der Waals surface area contributed by atoms with Gasteiger partial charge in [-0.3, -0.25) is 14.6 Å². The Balaban J connectivity index is 2.27. The molecule has 0 saturated heterocycles. The van der Waals surface area contributed by atoms with E-state index in [9.17, 15) is 27.6 Å². The van der Waals surface area contributed by atoms with Crippen molar-refractivity contribution in [2.75, 3.05) is 7.11 Å². The Labute approximate surface area is 128 Å². The van der Waals surface area contributed by atoms with Gasteiger partial charge in [0.05, 0.1) is 29.9 Å². The molecule has 120 valence electrons. The Bertz CT molecular complexity index is 717. The number of rotatable bonds is 3. The third kappa shape index (κ3) is 3.36. The molecule has 0 fully saturated rings. The van der Waals surface area contributed by atoms with Crippen LogP contribution in [0.3, 0.4) is 0 Å². The van der Waals surface area contributed by atoms with Crippen LogP contribution in [0.15, 0.2) is 42.1 Å². The van der Waals surface area contributed by atoms with Crippen molar-refractivity contribution in [2.24, 2.45) is 0 Å². The van der Waals surface area contributed by atoms with Crippen LogP contribution in [0.25, 0.3) is 0 Å². The highest BCUT2D eigenvalue weighted by atomic mass is 19.4. The van der Waals surface area contributed by atoms with E-state index in [1.54, 1.807) is 0 Å². The summed E-state index contributed by atoms with van der Waals surface area (Å²) < 4.78 is 41.8. The molecule has 0 N–H and O–H groups in total. The number of nitrogens with zero attached hydrogens (tertiary/aromatic N) is 1. The highest BCUT2D eigenvalue weighted by Crippen LogP contribution is 2.30. The third-order valence-electron chi connectivity index (χ3n) is 3.16. The summed E-state index contributed by atoms with van der Waals surface area (Å²) in [6.07, 6.45) is -0.0316. The van der Waals surface area contributed by atoms with Crippen LogP contribution < -0.4 is 0 Å². The maximum Gasteiger partial charge on any atom is 0.417 e. The Morgan fingerprint density at radius 3 is 2.48 bits per heavy atom. The summed E-state index contributed by atoms with van der Waals surface area (Å²) in [5, 5.41) is 0. The van der Waals surface area contributed by atoms with E-state index in [0.717, 1.165) is 25.3 Å². The fraction of sp³-hybridized carbons (Fsp3) is 0.200. The second kappa shape index (κ2) is 6.15. The molecule has 8 heteroatoms. The molecule has 2 rings (SSSR count). The highest BCUT2D eigenvalue weighted by Gasteiger charge is 2.34. The minimum Gasteiger partial charge on any atom is -0.463 e.